The van der Waals surface area contributed by atoms with Crippen molar-refractivity contribution in [3.8, 4) is 11.5 Å². The van der Waals surface area contributed by atoms with Crippen molar-refractivity contribution in [2.75, 3.05) is 6.79 Å². The highest BCUT2D eigenvalue weighted by atomic mass is 35.5. The van der Waals surface area contributed by atoms with Crippen LogP contribution in [0.4, 0.5) is 0 Å². The van der Waals surface area contributed by atoms with Crippen LogP contribution in [0.1, 0.15) is 34.0 Å². The monoisotopic (exact) mass is 383 g/mol. The zero-order valence-electron chi connectivity index (χ0n) is 14.1. The van der Waals surface area contributed by atoms with Crippen molar-refractivity contribution in [1.29, 1.82) is 0 Å². The summed E-state index contributed by atoms with van der Waals surface area (Å²) < 4.78 is 11.7. The summed E-state index contributed by atoms with van der Waals surface area (Å²) in [5.41, 5.74) is 1.23. The van der Waals surface area contributed by atoms with Gasteiger partial charge in [-0.1, -0.05) is 17.7 Å². The molecule has 0 spiro atoms. The molecule has 0 radical (unpaired) electrons. The Morgan fingerprint density at radius 3 is 2.70 bits per heavy atom. The van der Waals surface area contributed by atoms with Gasteiger partial charge in [0.15, 0.2) is 17.3 Å². The Morgan fingerprint density at radius 2 is 1.85 bits per heavy atom. The summed E-state index contributed by atoms with van der Waals surface area (Å²) in [5.74, 6) is 0.860. The molecule has 2 aromatic carbocycles. The van der Waals surface area contributed by atoms with Crippen LogP contribution in [0.5, 0.6) is 11.5 Å². The van der Waals surface area contributed by atoms with E-state index < -0.39 is 0 Å². The van der Waals surface area contributed by atoms with E-state index in [1.165, 1.54) is 6.07 Å². The molecule has 2 aliphatic rings. The van der Waals surface area contributed by atoms with Crippen molar-refractivity contribution >= 4 is 28.3 Å². The number of carbonyl (C=O) groups excluding carboxylic acids is 1. The van der Waals surface area contributed by atoms with Gasteiger partial charge in [0.1, 0.15) is 0 Å². The van der Waals surface area contributed by atoms with Gasteiger partial charge in [-0.05, 0) is 48.2 Å². The normalized spacial score (nSPS) is 18.0. The van der Waals surface area contributed by atoms with Gasteiger partial charge >= 0.3 is 0 Å². The van der Waals surface area contributed by atoms with Crippen molar-refractivity contribution in [2.45, 2.75) is 18.8 Å². The lowest BCUT2D eigenvalue weighted by atomic mass is 9.81. The average molecular weight is 384 g/mol. The van der Waals surface area contributed by atoms with E-state index in [2.05, 4.69) is 0 Å². The Bertz CT molecular complexity index is 1180. The second-order valence-corrected chi connectivity index (χ2v) is 7.20. The molecule has 1 atom stereocenters. The maximum absolute atomic E-state index is 12.8. The van der Waals surface area contributed by atoms with E-state index in [1.807, 2.05) is 18.2 Å². The third-order valence-electron chi connectivity index (χ3n) is 5.22. The number of hydrogen-bond donors (Lipinski definition) is 1. The molecule has 5 rings (SSSR count). The number of nitrogens with zero attached hydrogens (tertiary/aromatic N) is 1. The number of pyridine rings is 1. The van der Waals surface area contributed by atoms with Crippen molar-refractivity contribution in [2.24, 2.45) is 0 Å². The van der Waals surface area contributed by atoms with Crippen LogP contribution in [-0.4, -0.2) is 22.5 Å². The highest BCUT2D eigenvalue weighted by molar-refractivity contribution is 6.31. The molecule has 136 valence electrons. The second kappa shape index (κ2) is 5.76. The lowest BCUT2D eigenvalue weighted by Crippen LogP contribution is -2.30. The van der Waals surface area contributed by atoms with Crippen molar-refractivity contribution < 1.29 is 19.5 Å². The number of carbonyl (C=O) groups is 1. The van der Waals surface area contributed by atoms with Crippen LogP contribution in [0, 0.1) is 0 Å². The first-order valence-electron chi connectivity index (χ1n) is 8.52. The predicted octanol–water partition coefficient (Wildman–Crippen LogP) is 3.53. The van der Waals surface area contributed by atoms with Gasteiger partial charge in [-0.2, -0.15) is 4.73 Å². The summed E-state index contributed by atoms with van der Waals surface area (Å²) >= 11 is 5.98. The van der Waals surface area contributed by atoms with Crippen LogP contribution in [0.25, 0.3) is 10.9 Å². The van der Waals surface area contributed by atoms with Crippen LogP contribution < -0.4 is 14.9 Å². The largest absolute Gasteiger partial charge is 0.454 e. The third kappa shape index (κ3) is 2.40. The minimum absolute atomic E-state index is 0.0456. The Balaban J connectivity index is 1.65. The summed E-state index contributed by atoms with van der Waals surface area (Å²) in [7, 11) is 0. The van der Waals surface area contributed by atoms with Crippen LogP contribution >= 0.6 is 11.6 Å². The molecular formula is C20H14ClNO5. The zero-order chi connectivity index (χ0) is 18.7. The van der Waals surface area contributed by atoms with Gasteiger partial charge in [0.25, 0.3) is 0 Å². The van der Waals surface area contributed by atoms with E-state index in [0.29, 0.717) is 34.2 Å². The molecule has 0 fully saturated rings. The molecule has 1 N–H and O–H groups in total. The maximum Gasteiger partial charge on any atom is 0.231 e. The van der Waals surface area contributed by atoms with Gasteiger partial charge in [-0.15, -0.1) is 0 Å². The molecule has 1 aromatic heterocycles. The predicted molar refractivity (Wildman–Crippen MR) is 98.4 cm³/mol. The Kier molecular flexibility index (Phi) is 3.45. The number of hydrogen-bond acceptors (Lipinski definition) is 5. The van der Waals surface area contributed by atoms with Gasteiger partial charge in [-0.25, -0.2) is 0 Å². The Morgan fingerprint density at radius 1 is 1.04 bits per heavy atom. The number of fused-ring (bicyclic) bond motifs is 3. The fraction of sp³-hybridized carbons (Fsp3) is 0.200. The van der Waals surface area contributed by atoms with Gasteiger partial charge in [0.05, 0.1) is 22.2 Å². The molecule has 27 heavy (non-hydrogen) atoms. The van der Waals surface area contributed by atoms with Crippen molar-refractivity contribution in [1.82, 2.24) is 4.73 Å². The molecule has 1 aliphatic heterocycles. The van der Waals surface area contributed by atoms with Crippen LogP contribution in [-0.2, 0) is 6.42 Å². The number of halogens is 1. The molecule has 0 amide bonds. The van der Waals surface area contributed by atoms with Crippen molar-refractivity contribution in [3.63, 3.8) is 0 Å². The highest BCUT2D eigenvalue weighted by Crippen LogP contribution is 2.38. The lowest BCUT2D eigenvalue weighted by molar-refractivity contribution is 0.0949. The summed E-state index contributed by atoms with van der Waals surface area (Å²) in [6.07, 6.45) is 0.555. The molecule has 6 nitrogen and oxygen atoms in total. The van der Waals surface area contributed by atoms with E-state index in [4.69, 9.17) is 21.1 Å². The van der Waals surface area contributed by atoms with E-state index in [9.17, 15) is 14.8 Å². The summed E-state index contributed by atoms with van der Waals surface area (Å²) in [6.45, 7) is 0.177. The standard InChI is InChI=1S/C20H14ClNO5/c21-12-2-3-14-13(8-12)20(24)19-15(22(14)25)5-11(6-16(19)23)10-1-4-17-18(7-10)27-9-26-17/h1-4,7-8,11,25H,5-6,9H2. The number of rotatable bonds is 1. The first-order valence-corrected chi connectivity index (χ1v) is 8.90. The third-order valence-corrected chi connectivity index (χ3v) is 5.46. The maximum atomic E-state index is 12.8. The number of ether oxygens (including phenoxy) is 2. The smallest absolute Gasteiger partial charge is 0.231 e. The van der Waals surface area contributed by atoms with Crippen molar-refractivity contribution in [3.05, 3.63) is 68.5 Å². The topological polar surface area (TPSA) is 77.8 Å². The Labute approximate surface area is 158 Å². The number of ketones is 1. The SMILES string of the molecule is O=C1CC(c2ccc3c(c2)OCO3)Cc2c1c(=O)c1cc(Cl)ccc1n2O. The van der Waals surface area contributed by atoms with E-state index >= 15 is 0 Å². The number of aromatic nitrogens is 1. The van der Waals surface area contributed by atoms with Crippen LogP contribution in [0.3, 0.4) is 0 Å². The van der Waals surface area contributed by atoms with E-state index in [0.717, 1.165) is 10.3 Å². The lowest BCUT2D eigenvalue weighted by Gasteiger charge is -2.25. The van der Waals surface area contributed by atoms with Crippen LogP contribution in [0.2, 0.25) is 5.02 Å². The molecule has 1 unspecified atom stereocenters. The number of Topliss-reactive ketones (excluding diaryl/α,β-unsaturated/α-hetero) is 1. The van der Waals surface area contributed by atoms with Crippen LogP contribution in [0.15, 0.2) is 41.2 Å². The fourth-order valence-corrected chi connectivity index (χ4v) is 4.07. The van der Waals surface area contributed by atoms with E-state index in [-0.39, 0.29) is 41.3 Å². The molecular weight excluding hydrogens is 370 g/mol. The first-order chi connectivity index (χ1) is 13.0. The average Bonchev–Trinajstić information content (AvgIpc) is 3.13. The zero-order valence-corrected chi connectivity index (χ0v) is 14.8. The molecule has 0 saturated heterocycles. The summed E-state index contributed by atoms with van der Waals surface area (Å²) in [5, 5.41) is 11.3. The summed E-state index contributed by atoms with van der Waals surface area (Å²) in [4.78, 5) is 25.6. The highest BCUT2D eigenvalue weighted by Gasteiger charge is 2.32. The minimum Gasteiger partial charge on any atom is -0.454 e. The molecule has 0 saturated carbocycles. The van der Waals surface area contributed by atoms with E-state index in [1.54, 1.807) is 12.1 Å². The van der Waals surface area contributed by atoms with Gasteiger partial charge in [-0.3, -0.25) is 9.59 Å². The fourth-order valence-electron chi connectivity index (χ4n) is 3.90. The molecule has 2 heterocycles. The first kappa shape index (κ1) is 16.2. The second-order valence-electron chi connectivity index (χ2n) is 6.77. The summed E-state index contributed by atoms with van der Waals surface area (Å²) in [6, 6.07) is 10.2. The molecule has 3 aromatic rings. The van der Waals surface area contributed by atoms with Gasteiger partial charge < -0.3 is 14.7 Å². The Hall–Kier alpha value is -2.99. The molecule has 1 aliphatic carbocycles. The minimum atomic E-state index is -0.387. The molecule has 7 heteroatoms. The quantitative estimate of drug-likeness (QED) is 0.650. The van der Waals surface area contributed by atoms with Gasteiger partial charge in [0, 0.05) is 11.4 Å². The van der Waals surface area contributed by atoms with Gasteiger partial charge in [0.2, 0.25) is 12.2 Å². The molecule has 0 bridgehead atoms. The number of benzene rings is 2.